The average molecular weight is 394 g/mol. The molecule has 1 amide bonds. The maximum atomic E-state index is 13.4. The maximum absolute atomic E-state index is 13.4. The van der Waals surface area contributed by atoms with Crippen LogP contribution in [0.2, 0.25) is 0 Å². The number of carbonyl (C=O) groups excluding carboxylic acids is 2. The highest BCUT2D eigenvalue weighted by Crippen LogP contribution is 2.40. The lowest BCUT2D eigenvalue weighted by Gasteiger charge is -2.25. The van der Waals surface area contributed by atoms with Gasteiger partial charge in [-0.2, -0.15) is 0 Å². The highest BCUT2D eigenvalue weighted by molar-refractivity contribution is 6.46. The molecule has 7 heteroatoms. The van der Waals surface area contributed by atoms with Crippen molar-refractivity contribution in [1.82, 2.24) is 9.88 Å². The molecule has 2 heterocycles. The number of hydrogen-bond donors (Lipinski definition) is 2. The summed E-state index contributed by atoms with van der Waals surface area (Å²) in [6.07, 6.45) is 1.60. The predicted octanol–water partition coefficient (Wildman–Crippen LogP) is 3.38. The fourth-order valence-electron chi connectivity index (χ4n) is 3.70. The molecule has 1 fully saturated rings. The van der Waals surface area contributed by atoms with Crippen molar-refractivity contribution < 1.29 is 23.8 Å². The molecule has 29 heavy (non-hydrogen) atoms. The Morgan fingerprint density at radius 2 is 1.90 bits per heavy atom. The molecule has 1 unspecified atom stereocenters. The third kappa shape index (κ3) is 3.19. The molecule has 148 valence electrons. The quantitative estimate of drug-likeness (QED) is 0.395. The zero-order valence-electron chi connectivity index (χ0n) is 15.7. The van der Waals surface area contributed by atoms with E-state index >= 15 is 0 Å². The van der Waals surface area contributed by atoms with Crippen LogP contribution in [0.1, 0.15) is 17.2 Å². The van der Waals surface area contributed by atoms with E-state index in [4.69, 9.17) is 4.74 Å². The lowest BCUT2D eigenvalue weighted by atomic mass is 9.95. The van der Waals surface area contributed by atoms with E-state index < -0.39 is 23.5 Å². The third-order valence-corrected chi connectivity index (χ3v) is 5.11. The molecule has 0 radical (unpaired) electrons. The molecule has 1 aliphatic heterocycles. The Labute approximate surface area is 166 Å². The van der Waals surface area contributed by atoms with Gasteiger partial charge in [-0.1, -0.05) is 30.3 Å². The van der Waals surface area contributed by atoms with Gasteiger partial charge < -0.3 is 19.7 Å². The van der Waals surface area contributed by atoms with Gasteiger partial charge in [0.25, 0.3) is 11.7 Å². The zero-order valence-corrected chi connectivity index (χ0v) is 15.7. The number of amides is 1. The topological polar surface area (TPSA) is 82.6 Å². The van der Waals surface area contributed by atoms with E-state index in [1.54, 1.807) is 6.20 Å². The second-order valence-electron chi connectivity index (χ2n) is 6.78. The monoisotopic (exact) mass is 394 g/mol. The van der Waals surface area contributed by atoms with Gasteiger partial charge in [-0.3, -0.25) is 9.59 Å². The molecular weight excluding hydrogens is 375 g/mol. The molecule has 0 spiro atoms. The van der Waals surface area contributed by atoms with E-state index in [-0.39, 0.29) is 24.5 Å². The normalized spacial score (nSPS) is 18.7. The summed E-state index contributed by atoms with van der Waals surface area (Å²) in [5.41, 5.74) is 1.73. The third-order valence-electron chi connectivity index (χ3n) is 5.11. The van der Waals surface area contributed by atoms with E-state index in [2.05, 4.69) is 4.98 Å². The zero-order chi connectivity index (χ0) is 20.5. The Morgan fingerprint density at radius 3 is 2.62 bits per heavy atom. The first-order valence-corrected chi connectivity index (χ1v) is 9.12. The Morgan fingerprint density at radius 1 is 1.17 bits per heavy atom. The number of aromatic nitrogens is 1. The van der Waals surface area contributed by atoms with E-state index in [0.29, 0.717) is 11.1 Å². The number of likely N-dealkylation sites (tertiary alicyclic amines) is 1. The van der Waals surface area contributed by atoms with Gasteiger partial charge in [0.05, 0.1) is 18.2 Å². The number of fused-ring (bicyclic) bond motifs is 1. The maximum Gasteiger partial charge on any atom is 0.295 e. The van der Waals surface area contributed by atoms with Gasteiger partial charge in [-0.15, -0.1) is 0 Å². The summed E-state index contributed by atoms with van der Waals surface area (Å²) in [6.45, 7) is 0.381. The minimum atomic E-state index is -0.834. The summed E-state index contributed by atoms with van der Waals surface area (Å²) in [5.74, 6) is -2.20. The molecule has 4 rings (SSSR count). The SMILES string of the molecule is COCCN1C(=O)C(=O)/C(=C(\O)c2c[nH]c3ccccc23)C1c1ccc(F)cc1. The summed E-state index contributed by atoms with van der Waals surface area (Å²) in [4.78, 5) is 30.0. The number of methoxy groups -OCH3 is 1. The van der Waals surface area contributed by atoms with E-state index in [1.165, 1.54) is 36.3 Å². The van der Waals surface area contributed by atoms with Gasteiger partial charge in [-0.05, 0) is 23.8 Å². The summed E-state index contributed by atoms with van der Waals surface area (Å²) < 4.78 is 18.5. The smallest absolute Gasteiger partial charge is 0.295 e. The van der Waals surface area contributed by atoms with E-state index in [9.17, 15) is 19.1 Å². The molecule has 0 saturated carbocycles. The molecule has 0 bridgehead atoms. The molecule has 1 aromatic heterocycles. The largest absolute Gasteiger partial charge is 0.507 e. The predicted molar refractivity (Wildman–Crippen MR) is 106 cm³/mol. The molecule has 6 nitrogen and oxygen atoms in total. The number of nitrogens with one attached hydrogen (secondary N) is 1. The van der Waals surface area contributed by atoms with Crippen LogP contribution in [0.5, 0.6) is 0 Å². The number of hydrogen-bond acceptors (Lipinski definition) is 4. The van der Waals surface area contributed by atoms with Gasteiger partial charge in [0, 0.05) is 36.3 Å². The highest BCUT2D eigenvalue weighted by atomic mass is 19.1. The first-order valence-electron chi connectivity index (χ1n) is 9.12. The molecule has 1 saturated heterocycles. The van der Waals surface area contributed by atoms with Gasteiger partial charge in [0.2, 0.25) is 0 Å². The number of para-hydroxylation sites is 1. The Kier molecular flexibility index (Phi) is 4.90. The summed E-state index contributed by atoms with van der Waals surface area (Å²) >= 11 is 0. The van der Waals surface area contributed by atoms with Crippen molar-refractivity contribution in [1.29, 1.82) is 0 Å². The van der Waals surface area contributed by atoms with E-state index in [1.807, 2.05) is 24.3 Å². The number of ether oxygens (including phenoxy) is 1. The van der Waals surface area contributed by atoms with Crippen molar-refractivity contribution in [2.75, 3.05) is 20.3 Å². The number of aliphatic hydroxyl groups is 1. The standard InChI is InChI=1S/C22H19FN2O4/c1-29-11-10-25-19(13-6-8-14(23)9-7-13)18(21(27)22(25)28)20(26)16-12-24-17-5-3-2-4-15(16)17/h2-9,12,19,24,26H,10-11H2,1H3/b20-18-. The van der Waals surface area contributed by atoms with Crippen LogP contribution in [0.15, 0.2) is 60.3 Å². The van der Waals surface area contributed by atoms with Crippen LogP contribution in [0.4, 0.5) is 4.39 Å². The van der Waals surface area contributed by atoms with Gasteiger partial charge >= 0.3 is 0 Å². The van der Waals surface area contributed by atoms with Crippen molar-refractivity contribution >= 4 is 28.4 Å². The van der Waals surface area contributed by atoms with Crippen molar-refractivity contribution in [3.05, 3.63) is 77.2 Å². The average Bonchev–Trinajstić information content (AvgIpc) is 3.26. The Balaban J connectivity index is 1.90. The van der Waals surface area contributed by atoms with Crippen LogP contribution in [-0.4, -0.2) is 46.9 Å². The van der Waals surface area contributed by atoms with E-state index in [0.717, 1.165) is 10.9 Å². The second kappa shape index (κ2) is 7.52. The number of carbonyl (C=O) groups is 2. The van der Waals surface area contributed by atoms with Crippen molar-refractivity contribution in [3.8, 4) is 0 Å². The number of rotatable bonds is 5. The molecular formula is C22H19FN2O4. The Bertz CT molecular complexity index is 1120. The number of aromatic amines is 1. The first kappa shape index (κ1) is 18.9. The van der Waals surface area contributed by atoms with Gasteiger partial charge in [-0.25, -0.2) is 4.39 Å². The molecule has 0 aliphatic carbocycles. The van der Waals surface area contributed by atoms with Crippen molar-refractivity contribution in [2.45, 2.75) is 6.04 Å². The molecule has 2 aromatic carbocycles. The highest BCUT2D eigenvalue weighted by Gasteiger charge is 2.46. The molecule has 1 atom stereocenters. The minimum Gasteiger partial charge on any atom is -0.507 e. The molecule has 1 aliphatic rings. The number of ketones is 1. The van der Waals surface area contributed by atoms with Gasteiger partial charge in [0.15, 0.2) is 0 Å². The number of nitrogens with zero attached hydrogens (tertiary/aromatic N) is 1. The molecule has 3 aromatic rings. The lowest BCUT2D eigenvalue weighted by molar-refractivity contribution is -0.140. The first-order chi connectivity index (χ1) is 14.0. The number of H-pyrrole nitrogens is 1. The number of Topliss-reactive ketones (excluding diaryl/α,β-unsaturated/α-hetero) is 1. The van der Waals surface area contributed by atoms with Crippen LogP contribution >= 0.6 is 0 Å². The lowest BCUT2D eigenvalue weighted by Crippen LogP contribution is -2.32. The van der Waals surface area contributed by atoms with Crippen molar-refractivity contribution in [3.63, 3.8) is 0 Å². The van der Waals surface area contributed by atoms with Gasteiger partial charge in [0.1, 0.15) is 11.6 Å². The number of benzene rings is 2. The van der Waals surface area contributed by atoms with Crippen LogP contribution < -0.4 is 0 Å². The second-order valence-corrected chi connectivity index (χ2v) is 6.78. The summed E-state index contributed by atoms with van der Waals surface area (Å²) in [6, 6.07) is 12.0. The van der Waals surface area contributed by atoms with Crippen LogP contribution in [0.3, 0.4) is 0 Å². The minimum absolute atomic E-state index is 0.0255. The molecule has 2 N–H and O–H groups in total. The summed E-state index contributed by atoms with van der Waals surface area (Å²) in [5, 5.41) is 11.8. The van der Waals surface area contributed by atoms with Crippen LogP contribution in [0, 0.1) is 5.82 Å². The number of halogens is 1. The van der Waals surface area contributed by atoms with Crippen LogP contribution in [0.25, 0.3) is 16.7 Å². The fourth-order valence-corrected chi connectivity index (χ4v) is 3.70. The summed E-state index contributed by atoms with van der Waals surface area (Å²) in [7, 11) is 1.50. The van der Waals surface area contributed by atoms with Crippen LogP contribution in [-0.2, 0) is 14.3 Å². The Hall–Kier alpha value is -3.45. The number of aliphatic hydroxyl groups excluding tert-OH is 1. The fraction of sp³-hybridized carbons (Fsp3) is 0.182. The van der Waals surface area contributed by atoms with Crippen molar-refractivity contribution in [2.24, 2.45) is 0 Å².